The standard InChI is InChI=1S/C27H20Cl2INO6S/c1-2-34-23-8-15(7-20(30)25(23)35-13-16-5-3-4-6-18(16)28)9-24-26(32)31(27(33)38-24)12-17-10-21-22(11-19(17)29)37-14-36-21/h3-11H,2,12-14H2,1H3/b24-9+. The quantitative estimate of drug-likeness (QED) is 0.179. The van der Waals surface area contributed by atoms with Crippen molar-refractivity contribution in [3.8, 4) is 23.0 Å². The molecule has 38 heavy (non-hydrogen) atoms. The summed E-state index contributed by atoms with van der Waals surface area (Å²) < 4.78 is 23.4. The zero-order valence-electron chi connectivity index (χ0n) is 20.0. The monoisotopic (exact) mass is 683 g/mol. The molecular weight excluding hydrogens is 664 g/mol. The minimum Gasteiger partial charge on any atom is -0.490 e. The first-order chi connectivity index (χ1) is 18.3. The van der Waals surface area contributed by atoms with Crippen LogP contribution in [0.1, 0.15) is 23.6 Å². The van der Waals surface area contributed by atoms with E-state index in [1.54, 1.807) is 24.3 Å². The summed E-state index contributed by atoms with van der Waals surface area (Å²) in [4.78, 5) is 27.4. The fourth-order valence-corrected chi connectivity index (χ4v) is 5.90. The Kier molecular flexibility index (Phi) is 8.27. The highest BCUT2D eigenvalue weighted by Gasteiger charge is 2.36. The van der Waals surface area contributed by atoms with Gasteiger partial charge in [-0.25, -0.2) is 0 Å². The normalized spacial score (nSPS) is 15.5. The lowest BCUT2D eigenvalue weighted by molar-refractivity contribution is -0.123. The Morgan fingerprint density at radius 3 is 2.55 bits per heavy atom. The number of hydrogen-bond donors (Lipinski definition) is 0. The molecule has 2 heterocycles. The van der Waals surface area contributed by atoms with Crippen LogP contribution in [0.2, 0.25) is 10.0 Å². The van der Waals surface area contributed by atoms with Crippen LogP contribution in [-0.2, 0) is 17.9 Å². The number of ether oxygens (including phenoxy) is 4. The molecule has 0 unspecified atom stereocenters. The van der Waals surface area contributed by atoms with Gasteiger partial charge in [-0.15, -0.1) is 0 Å². The third kappa shape index (κ3) is 5.70. The van der Waals surface area contributed by atoms with Crippen LogP contribution in [0.5, 0.6) is 23.0 Å². The minimum absolute atomic E-state index is 0.0219. The van der Waals surface area contributed by atoms with Crippen LogP contribution < -0.4 is 18.9 Å². The fraction of sp³-hybridized carbons (Fsp3) is 0.185. The second-order valence-electron chi connectivity index (χ2n) is 8.21. The molecule has 0 atom stereocenters. The van der Waals surface area contributed by atoms with E-state index in [0.29, 0.717) is 55.7 Å². The highest BCUT2D eigenvalue weighted by molar-refractivity contribution is 14.1. The lowest BCUT2D eigenvalue weighted by Gasteiger charge is -2.15. The van der Waals surface area contributed by atoms with Crippen molar-refractivity contribution in [2.45, 2.75) is 20.1 Å². The number of fused-ring (bicyclic) bond motifs is 1. The van der Waals surface area contributed by atoms with Crippen molar-refractivity contribution < 1.29 is 28.5 Å². The molecule has 3 aromatic carbocycles. The maximum Gasteiger partial charge on any atom is 0.293 e. The number of nitrogens with zero attached hydrogens (tertiary/aromatic N) is 1. The molecule has 196 valence electrons. The lowest BCUT2D eigenvalue weighted by atomic mass is 10.1. The summed E-state index contributed by atoms with van der Waals surface area (Å²) in [7, 11) is 0. The first kappa shape index (κ1) is 27.0. The Hall–Kier alpha value is -2.60. The number of carbonyl (C=O) groups excluding carboxylic acids is 2. The van der Waals surface area contributed by atoms with E-state index in [9.17, 15) is 9.59 Å². The molecule has 0 bridgehead atoms. The van der Waals surface area contributed by atoms with E-state index >= 15 is 0 Å². The smallest absolute Gasteiger partial charge is 0.293 e. The van der Waals surface area contributed by atoms with E-state index < -0.39 is 5.91 Å². The molecule has 5 rings (SSSR count). The first-order valence-electron chi connectivity index (χ1n) is 11.5. The zero-order chi connectivity index (χ0) is 26.8. The Balaban J connectivity index is 1.37. The lowest BCUT2D eigenvalue weighted by Crippen LogP contribution is -2.27. The fourth-order valence-electron chi connectivity index (χ4n) is 3.88. The summed E-state index contributed by atoms with van der Waals surface area (Å²) in [5.74, 6) is 1.77. The van der Waals surface area contributed by atoms with Gasteiger partial charge < -0.3 is 18.9 Å². The van der Waals surface area contributed by atoms with Crippen LogP contribution in [0.15, 0.2) is 53.4 Å². The van der Waals surface area contributed by atoms with Gasteiger partial charge in [0.2, 0.25) is 6.79 Å². The highest BCUT2D eigenvalue weighted by Crippen LogP contribution is 2.41. The van der Waals surface area contributed by atoms with Gasteiger partial charge in [-0.05, 0) is 82.7 Å². The molecule has 3 aromatic rings. The SMILES string of the molecule is CCOc1cc(/C=C2/SC(=O)N(Cc3cc4c(cc3Cl)OCO4)C2=O)cc(I)c1OCc1ccccc1Cl. The highest BCUT2D eigenvalue weighted by atomic mass is 127. The molecule has 0 aliphatic carbocycles. The van der Waals surface area contributed by atoms with Gasteiger partial charge >= 0.3 is 0 Å². The number of hydrogen-bond acceptors (Lipinski definition) is 7. The van der Waals surface area contributed by atoms with Crippen molar-refractivity contribution in [3.63, 3.8) is 0 Å². The number of benzene rings is 3. The van der Waals surface area contributed by atoms with Gasteiger partial charge in [0, 0.05) is 21.7 Å². The number of imide groups is 1. The number of halogens is 3. The predicted molar refractivity (Wildman–Crippen MR) is 155 cm³/mol. The van der Waals surface area contributed by atoms with Crippen molar-refractivity contribution >= 4 is 74.8 Å². The Labute approximate surface area is 247 Å². The Morgan fingerprint density at radius 1 is 1.03 bits per heavy atom. The minimum atomic E-state index is -0.402. The summed E-state index contributed by atoms with van der Waals surface area (Å²) in [6, 6.07) is 14.4. The topological polar surface area (TPSA) is 74.3 Å². The van der Waals surface area contributed by atoms with E-state index in [1.165, 1.54) is 0 Å². The third-order valence-electron chi connectivity index (χ3n) is 5.70. The molecule has 0 saturated carbocycles. The average molecular weight is 684 g/mol. The zero-order valence-corrected chi connectivity index (χ0v) is 24.4. The van der Waals surface area contributed by atoms with Crippen LogP contribution in [0.4, 0.5) is 4.79 Å². The van der Waals surface area contributed by atoms with Crippen LogP contribution in [0.3, 0.4) is 0 Å². The van der Waals surface area contributed by atoms with Gasteiger partial charge in [-0.3, -0.25) is 14.5 Å². The molecule has 2 aliphatic rings. The van der Waals surface area contributed by atoms with Gasteiger partial charge in [0.15, 0.2) is 23.0 Å². The van der Waals surface area contributed by atoms with Crippen molar-refractivity contribution in [2.75, 3.05) is 13.4 Å². The Morgan fingerprint density at radius 2 is 1.79 bits per heavy atom. The van der Waals surface area contributed by atoms with Crippen molar-refractivity contribution in [2.24, 2.45) is 0 Å². The molecule has 1 fully saturated rings. The maximum atomic E-state index is 13.2. The number of carbonyl (C=O) groups is 2. The average Bonchev–Trinajstić information content (AvgIpc) is 3.44. The summed E-state index contributed by atoms with van der Waals surface area (Å²) in [6.07, 6.45) is 1.68. The van der Waals surface area contributed by atoms with E-state index in [1.807, 2.05) is 37.3 Å². The van der Waals surface area contributed by atoms with Gasteiger partial charge in [-0.1, -0.05) is 41.4 Å². The molecule has 2 aliphatic heterocycles. The molecule has 7 nitrogen and oxygen atoms in total. The van der Waals surface area contributed by atoms with Crippen molar-refractivity contribution in [3.05, 3.63) is 83.7 Å². The summed E-state index contributed by atoms with van der Waals surface area (Å²) >= 11 is 15.7. The molecule has 2 amide bonds. The van der Waals surface area contributed by atoms with E-state index in [4.69, 9.17) is 42.1 Å². The predicted octanol–water partition coefficient (Wildman–Crippen LogP) is 7.54. The Bertz CT molecular complexity index is 1460. The number of thioether (sulfide) groups is 1. The van der Waals surface area contributed by atoms with Gasteiger partial charge in [0.05, 0.1) is 21.6 Å². The van der Waals surface area contributed by atoms with Crippen LogP contribution >= 0.6 is 57.6 Å². The van der Waals surface area contributed by atoms with Crippen molar-refractivity contribution in [1.29, 1.82) is 0 Å². The largest absolute Gasteiger partial charge is 0.490 e. The molecule has 11 heteroatoms. The van der Waals surface area contributed by atoms with Crippen LogP contribution in [0.25, 0.3) is 6.08 Å². The van der Waals surface area contributed by atoms with Gasteiger partial charge in [-0.2, -0.15) is 0 Å². The van der Waals surface area contributed by atoms with Crippen molar-refractivity contribution in [1.82, 2.24) is 4.90 Å². The number of rotatable bonds is 8. The van der Waals surface area contributed by atoms with Crippen LogP contribution in [0, 0.1) is 3.57 Å². The molecule has 1 saturated heterocycles. The van der Waals surface area contributed by atoms with Gasteiger partial charge in [0.1, 0.15) is 6.61 Å². The summed E-state index contributed by atoms with van der Waals surface area (Å²) in [5.41, 5.74) is 2.15. The first-order valence-corrected chi connectivity index (χ1v) is 14.1. The summed E-state index contributed by atoms with van der Waals surface area (Å²) in [6.45, 7) is 2.70. The van der Waals surface area contributed by atoms with E-state index in [-0.39, 0.29) is 25.2 Å². The number of amides is 2. The third-order valence-corrected chi connectivity index (χ3v) is 8.13. The van der Waals surface area contributed by atoms with E-state index in [2.05, 4.69) is 22.6 Å². The second-order valence-corrected chi connectivity index (χ2v) is 11.2. The van der Waals surface area contributed by atoms with Gasteiger partial charge in [0.25, 0.3) is 11.1 Å². The summed E-state index contributed by atoms with van der Waals surface area (Å²) in [5, 5.41) is 0.629. The van der Waals surface area contributed by atoms with Crippen LogP contribution in [-0.4, -0.2) is 29.4 Å². The molecular formula is C27H20Cl2INO6S. The molecule has 0 radical (unpaired) electrons. The molecule has 0 N–H and O–H groups in total. The van der Waals surface area contributed by atoms with E-state index in [0.717, 1.165) is 25.8 Å². The molecule has 0 aromatic heterocycles. The second kappa shape index (κ2) is 11.6. The maximum absolute atomic E-state index is 13.2. The molecule has 0 spiro atoms.